The summed E-state index contributed by atoms with van der Waals surface area (Å²) in [5.74, 6) is 0.124. The molecule has 0 radical (unpaired) electrons. The van der Waals surface area contributed by atoms with E-state index < -0.39 is 11.7 Å². The fourth-order valence-corrected chi connectivity index (χ4v) is 2.31. The minimum Gasteiger partial charge on any atom is -0.493 e. The molecule has 120 valence electrons. The minimum atomic E-state index is -0.514. The highest BCUT2D eigenvalue weighted by Gasteiger charge is 2.08. The van der Waals surface area contributed by atoms with E-state index >= 15 is 0 Å². The summed E-state index contributed by atoms with van der Waals surface area (Å²) in [6, 6.07) is 9.74. The topological polar surface area (TPSA) is 47.6 Å². The normalized spacial score (nSPS) is 10.6. The van der Waals surface area contributed by atoms with Gasteiger partial charge < -0.3 is 14.8 Å². The van der Waals surface area contributed by atoms with Gasteiger partial charge in [0.1, 0.15) is 5.82 Å². The molecule has 0 aliphatic heterocycles. The lowest BCUT2D eigenvalue weighted by molar-refractivity contribution is -0.111. The molecule has 0 saturated carbocycles. The maximum Gasteiger partial charge on any atom is 0.248 e. The Labute approximate surface area is 142 Å². The number of hydrogen-bond donors (Lipinski definition) is 1. The predicted octanol–water partition coefficient (Wildman–Crippen LogP) is 4.26. The van der Waals surface area contributed by atoms with Gasteiger partial charge in [-0.15, -0.1) is 0 Å². The summed E-state index contributed by atoms with van der Waals surface area (Å²) in [4.78, 5) is 11.9. The third-order valence-electron chi connectivity index (χ3n) is 3.04. The fraction of sp³-hybridized carbons (Fsp3) is 0.118. The molecule has 1 amide bonds. The van der Waals surface area contributed by atoms with Gasteiger partial charge in [-0.2, -0.15) is 0 Å². The number of hydrogen-bond acceptors (Lipinski definition) is 3. The number of nitrogens with one attached hydrogen (secondary N) is 1. The van der Waals surface area contributed by atoms with E-state index in [9.17, 15) is 9.18 Å². The molecule has 23 heavy (non-hydrogen) atoms. The van der Waals surface area contributed by atoms with Gasteiger partial charge in [-0.3, -0.25) is 4.79 Å². The van der Waals surface area contributed by atoms with E-state index in [1.54, 1.807) is 30.3 Å². The van der Waals surface area contributed by atoms with E-state index in [0.29, 0.717) is 21.5 Å². The quantitative estimate of drug-likeness (QED) is 0.789. The number of carbonyl (C=O) groups is 1. The Hall–Kier alpha value is -2.34. The van der Waals surface area contributed by atoms with Crippen LogP contribution in [-0.4, -0.2) is 20.1 Å². The van der Waals surface area contributed by atoms with E-state index in [1.807, 2.05) is 0 Å². The van der Waals surface area contributed by atoms with E-state index in [0.717, 1.165) is 0 Å². The molecule has 0 spiro atoms. The van der Waals surface area contributed by atoms with Gasteiger partial charge >= 0.3 is 0 Å². The molecular weight excluding hydrogens is 365 g/mol. The number of halogens is 2. The van der Waals surface area contributed by atoms with Crippen LogP contribution in [0.3, 0.4) is 0 Å². The molecule has 1 N–H and O–H groups in total. The van der Waals surface area contributed by atoms with Crippen LogP contribution in [0.2, 0.25) is 0 Å². The first-order chi connectivity index (χ1) is 11.0. The molecule has 0 atom stereocenters. The standard InChI is InChI=1S/C17H15BrFNO3/c1-22-15-5-3-4-11(17(15)23-2)6-9-16(21)20-14-8-7-12(18)10-13(14)19/h3-10H,1-2H3,(H,20,21). The van der Waals surface area contributed by atoms with Crippen molar-refractivity contribution < 1.29 is 18.7 Å². The van der Waals surface area contributed by atoms with Crippen LogP contribution in [0.1, 0.15) is 5.56 Å². The Morgan fingerprint density at radius 1 is 1.22 bits per heavy atom. The van der Waals surface area contributed by atoms with Crippen LogP contribution in [0.25, 0.3) is 6.08 Å². The Balaban J connectivity index is 2.15. The van der Waals surface area contributed by atoms with Crippen molar-refractivity contribution in [2.45, 2.75) is 0 Å². The monoisotopic (exact) mass is 379 g/mol. The Bertz CT molecular complexity index is 747. The summed E-state index contributed by atoms with van der Waals surface area (Å²) in [6.45, 7) is 0. The average Bonchev–Trinajstić information content (AvgIpc) is 2.55. The molecule has 4 nitrogen and oxygen atoms in total. The number of amides is 1. The van der Waals surface area contributed by atoms with Crippen LogP contribution in [0, 0.1) is 5.82 Å². The highest BCUT2D eigenvalue weighted by atomic mass is 79.9. The van der Waals surface area contributed by atoms with Gasteiger partial charge in [0.25, 0.3) is 0 Å². The number of para-hydroxylation sites is 1. The Kier molecular flexibility index (Phi) is 5.76. The molecule has 0 aromatic heterocycles. The van der Waals surface area contributed by atoms with E-state index in [4.69, 9.17) is 9.47 Å². The number of benzene rings is 2. The lowest BCUT2D eigenvalue weighted by Crippen LogP contribution is -2.09. The summed E-state index contributed by atoms with van der Waals surface area (Å²) >= 11 is 3.16. The third kappa shape index (κ3) is 4.32. The second kappa shape index (κ2) is 7.78. The summed E-state index contributed by atoms with van der Waals surface area (Å²) in [6.07, 6.45) is 2.88. The maximum absolute atomic E-state index is 13.7. The van der Waals surface area contributed by atoms with Crippen molar-refractivity contribution in [1.29, 1.82) is 0 Å². The van der Waals surface area contributed by atoms with Crippen molar-refractivity contribution >= 4 is 33.6 Å². The first-order valence-corrected chi connectivity index (χ1v) is 7.49. The van der Waals surface area contributed by atoms with Crippen LogP contribution in [0.4, 0.5) is 10.1 Å². The Morgan fingerprint density at radius 2 is 2.00 bits per heavy atom. The van der Waals surface area contributed by atoms with Crippen LogP contribution < -0.4 is 14.8 Å². The molecule has 2 rings (SSSR count). The van der Waals surface area contributed by atoms with Crippen molar-refractivity contribution in [3.63, 3.8) is 0 Å². The zero-order valence-corrected chi connectivity index (χ0v) is 14.2. The minimum absolute atomic E-state index is 0.112. The van der Waals surface area contributed by atoms with Gasteiger partial charge in [0, 0.05) is 16.1 Å². The van der Waals surface area contributed by atoms with Crippen molar-refractivity contribution in [1.82, 2.24) is 0 Å². The SMILES string of the molecule is COc1cccc(C=CC(=O)Nc2ccc(Br)cc2F)c1OC. The lowest BCUT2D eigenvalue weighted by atomic mass is 10.1. The molecule has 0 fully saturated rings. The first kappa shape index (κ1) is 17.0. The van der Waals surface area contributed by atoms with Gasteiger partial charge in [0.15, 0.2) is 11.5 Å². The second-order valence-corrected chi connectivity index (χ2v) is 5.45. The van der Waals surface area contributed by atoms with Gasteiger partial charge in [-0.25, -0.2) is 4.39 Å². The number of anilines is 1. The van der Waals surface area contributed by atoms with Crippen LogP contribution >= 0.6 is 15.9 Å². The molecular formula is C17H15BrFNO3. The maximum atomic E-state index is 13.7. The van der Waals surface area contributed by atoms with Crippen LogP contribution in [-0.2, 0) is 4.79 Å². The number of rotatable bonds is 5. The van der Waals surface area contributed by atoms with Crippen molar-refractivity contribution in [2.75, 3.05) is 19.5 Å². The lowest BCUT2D eigenvalue weighted by Gasteiger charge is -2.09. The van der Waals surface area contributed by atoms with Crippen LogP contribution in [0.5, 0.6) is 11.5 Å². The Morgan fingerprint density at radius 3 is 2.65 bits per heavy atom. The molecule has 6 heteroatoms. The molecule has 0 bridgehead atoms. The molecule has 0 saturated heterocycles. The van der Waals surface area contributed by atoms with E-state index in [-0.39, 0.29) is 5.69 Å². The molecule has 2 aromatic rings. The predicted molar refractivity (Wildman–Crippen MR) is 91.3 cm³/mol. The van der Waals surface area contributed by atoms with Gasteiger partial charge in [-0.1, -0.05) is 28.1 Å². The second-order valence-electron chi connectivity index (χ2n) is 4.53. The number of carbonyl (C=O) groups excluding carboxylic acids is 1. The summed E-state index contributed by atoms with van der Waals surface area (Å²) < 4.78 is 24.8. The summed E-state index contributed by atoms with van der Waals surface area (Å²) in [5, 5.41) is 2.48. The van der Waals surface area contributed by atoms with Gasteiger partial charge in [0.05, 0.1) is 19.9 Å². The molecule has 0 aliphatic rings. The van der Waals surface area contributed by atoms with Crippen molar-refractivity contribution in [3.8, 4) is 11.5 Å². The van der Waals surface area contributed by atoms with Crippen LogP contribution in [0.15, 0.2) is 46.9 Å². The smallest absolute Gasteiger partial charge is 0.248 e. The van der Waals surface area contributed by atoms with Gasteiger partial charge in [0.2, 0.25) is 5.91 Å². The molecule has 2 aromatic carbocycles. The van der Waals surface area contributed by atoms with Crippen molar-refractivity contribution in [3.05, 3.63) is 58.3 Å². The number of ether oxygens (including phenoxy) is 2. The zero-order chi connectivity index (χ0) is 16.8. The molecule has 0 aliphatic carbocycles. The van der Waals surface area contributed by atoms with E-state index in [1.165, 1.54) is 32.4 Å². The zero-order valence-electron chi connectivity index (χ0n) is 12.6. The van der Waals surface area contributed by atoms with Crippen molar-refractivity contribution in [2.24, 2.45) is 0 Å². The third-order valence-corrected chi connectivity index (χ3v) is 3.53. The molecule has 0 unspecified atom stereocenters. The number of methoxy groups -OCH3 is 2. The van der Waals surface area contributed by atoms with E-state index in [2.05, 4.69) is 21.2 Å². The first-order valence-electron chi connectivity index (χ1n) is 6.70. The highest BCUT2D eigenvalue weighted by Crippen LogP contribution is 2.31. The average molecular weight is 380 g/mol. The summed E-state index contributed by atoms with van der Waals surface area (Å²) in [7, 11) is 3.06. The molecule has 0 heterocycles. The van der Waals surface area contributed by atoms with Gasteiger partial charge in [-0.05, 0) is 30.3 Å². The fourth-order valence-electron chi connectivity index (χ4n) is 1.97. The highest BCUT2D eigenvalue weighted by molar-refractivity contribution is 9.10. The summed E-state index contributed by atoms with van der Waals surface area (Å²) in [5.41, 5.74) is 0.790. The largest absolute Gasteiger partial charge is 0.493 e.